The van der Waals surface area contributed by atoms with Crippen LogP contribution >= 0.6 is 0 Å². The van der Waals surface area contributed by atoms with Crippen molar-refractivity contribution in [1.29, 1.82) is 0 Å². The van der Waals surface area contributed by atoms with Crippen LogP contribution in [0.5, 0.6) is 5.75 Å². The molecule has 21 heavy (non-hydrogen) atoms. The van der Waals surface area contributed by atoms with Crippen LogP contribution in [0, 0.1) is 5.92 Å². The number of hydrogen-bond donors (Lipinski definition) is 0. The fraction of sp³-hybridized carbons (Fsp3) is 0.412. The number of fused-ring (bicyclic) bond motifs is 1. The van der Waals surface area contributed by atoms with Gasteiger partial charge in [-0.2, -0.15) is 5.10 Å². The first-order valence-electron chi connectivity index (χ1n) is 7.45. The summed E-state index contributed by atoms with van der Waals surface area (Å²) in [6, 6.07) is 8.40. The van der Waals surface area contributed by atoms with E-state index < -0.39 is 0 Å². The minimum absolute atomic E-state index is 0.0239. The molecule has 1 aromatic heterocycles. The van der Waals surface area contributed by atoms with Crippen molar-refractivity contribution >= 4 is 5.78 Å². The molecule has 4 heteroatoms. The van der Waals surface area contributed by atoms with E-state index in [4.69, 9.17) is 4.74 Å². The van der Waals surface area contributed by atoms with Crippen molar-refractivity contribution in [3.63, 3.8) is 0 Å². The number of hydrogen-bond acceptors (Lipinski definition) is 3. The highest BCUT2D eigenvalue weighted by atomic mass is 16.5. The second-order valence-electron chi connectivity index (χ2n) is 5.45. The van der Waals surface area contributed by atoms with Crippen molar-refractivity contribution in [2.75, 3.05) is 7.11 Å². The molecule has 4 nitrogen and oxygen atoms in total. The number of nitrogens with zero attached hydrogens (tertiary/aromatic N) is 2. The predicted octanol–water partition coefficient (Wildman–Crippen LogP) is 2.90. The molecule has 0 N–H and O–H groups in total. The molecule has 0 saturated carbocycles. The molecule has 110 valence electrons. The number of Topliss-reactive ketones (excluding diaryl/α,β-unsaturated/α-hetero) is 1. The van der Waals surface area contributed by atoms with Gasteiger partial charge in [0.1, 0.15) is 5.69 Å². The highest BCUT2D eigenvalue weighted by molar-refractivity contribution is 5.99. The van der Waals surface area contributed by atoms with Crippen molar-refractivity contribution in [2.45, 2.75) is 32.7 Å². The lowest BCUT2D eigenvalue weighted by molar-refractivity contribution is 0.0894. The van der Waals surface area contributed by atoms with Crippen LogP contribution in [-0.2, 0) is 19.4 Å². The molecule has 1 heterocycles. The minimum atomic E-state index is 0.0239. The average molecular weight is 284 g/mol. The molecule has 3 rings (SSSR count). The molecular weight excluding hydrogens is 264 g/mol. The standard InChI is InChI=1S/C17H20N2O2/c1-3-19-16(15(21-2)11-18-19)17(20)14-9-8-12-6-4-5-7-13(12)10-14/h4-7,11,14H,3,8-10H2,1-2H3. The summed E-state index contributed by atoms with van der Waals surface area (Å²) < 4.78 is 7.04. The average Bonchev–Trinajstić information content (AvgIpc) is 2.96. The zero-order valence-corrected chi connectivity index (χ0v) is 12.5. The number of benzene rings is 1. The SMILES string of the molecule is CCn1ncc(OC)c1C(=O)C1CCc2ccccc2C1. The number of carbonyl (C=O) groups excluding carboxylic acids is 1. The van der Waals surface area contributed by atoms with Crippen LogP contribution in [0.2, 0.25) is 0 Å². The van der Waals surface area contributed by atoms with Gasteiger partial charge in [-0.05, 0) is 37.3 Å². The summed E-state index contributed by atoms with van der Waals surface area (Å²) in [4.78, 5) is 12.9. The van der Waals surface area contributed by atoms with E-state index in [0.717, 1.165) is 19.3 Å². The van der Waals surface area contributed by atoms with Gasteiger partial charge in [-0.25, -0.2) is 0 Å². The van der Waals surface area contributed by atoms with Gasteiger partial charge in [0.2, 0.25) is 0 Å². The molecule has 0 bridgehead atoms. The molecule has 1 atom stereocenters. The lowest BCUT2D eigenvalue weighted by atomic mass is 9.81. The summed E-state index contributed by atoms with van der Waals surface area (Å²) in [5.41, 5.74) is 3.28. The lowest BCUT2D eigenvalue weighted by Gasteiger charge is -2.23. The van der Waals surface area contributed by atoms with Gasteiger partial charge in [0.25, 0.3) is 0 Å². The molecule has 2 aromatic rings. The number of aryl methyl sites for hydroxylation is 2. The second-order valence-corrected chi connectivity index (χ2v) is 5.45. The van der Waals surface area contributed by atoms with E-state index in [-0.39, 0.29) is 11.7 Å². The van der Waals surface area contributed by atoms with Gasteiger partial charge in [-0.1, -0.05) is 24.3 Å². The molecule has 0 saturated heterocycles. The van der Waals surface area contributed by atoms with Crippen LogP contribution in [-0.4, -0.2) is 22.7 Å². The maximum absolute atomic E-state index is 12.9. The Bertz CT molecular complexity index is 639. The Morgan fingerprint density at radius 3 is 2.86 bits per heavy atom. The first kappa shape index (κ1) is 13.9. The van der Waals surface area contributed by atoms with Gasteiger partial charge in [-0.15, -0.1) is 0 Å². The molecule has 1 unspecified atom stereocenters. The third-order valence-electron chi connectivity index (χ3n) is 4.28. The van der Waals surface area contributed by atoms with Gasteiger partial charge in [0.15, 0.2) is 11.5 Å². The first-order valence-corrected chi connectivity index (χ1v) is 7.45. The number of methoxy groups -OCH3 is 1. The van der Waals surface area contributed by atoms with E-state index in [2.05, 4.69) is 23.3 Å². The Morgan fingerprint density at radius 2 is 2.14 bits per heavy atom. The fourth-order valence-electron chi connectivity index (χ4n) is 3.12. The molecule has 1 aliphatic carbocycles. The zero-order chi connectivity index (χ0) is 14.8. The van der Waals surface area contributed by atoms with Crippen LogP contribution < -0.4 is 4.74 Å². The van der Waals surface area contributed by atoms with Crippen LogP contribution in [0.15, 0.2) is 30.5 Å². The van der Waals surface area contributed by atoms with Gasteiger partial charge in [0, 0.05) is 12.5 Å². The highest BCUT2D eigenvalue weighted by Gasteiger charge is 2.29. The maximum atomic E-state index is 12.9. The molecule has 0 radical (unpaired) electrons. The molecule has 0 spiro atoms. The monoisotopic (exact) mass is 284 g/mol. The van der Waals surface area contributed by atoms with Crippen molar-refractivity contribution in [1.82, 2.24) is 9.78 Å². The topological polar surface area (TPSA) is 44.1 Å². The third kappa shape index (κ3) is 2.46. The summed E-state index contributed by atoms with van der Waals surface area (Å²) in [6.07, 6.45) is 4.31. The normalized spacial score (nSPS) is 17.3. The highest BCUT2D eigenvalue weighted by Crippen LogP contribution is 2.30. The van der Waals surface area contributed by atoms with E-state index in [1.807, 2.05) is 13.0 Å². The smallest absolute Gasteiger partial charge is 0.188 e. The maximum Gasteiger partial charge on any atom is 0.188 e. The lowest BCUT2D eigenvalue weighted by Crippen LogP contribution is -2.25. The number of rotatable bonds is 4. The quantitative estimate of drug-likeness (QED) is 0.811. The zero-order valence-electron chi connectivity index (χ0n) is 12.5. The number of carbonyl (C=O) groups is 1. The Morgan fingerprint density at radius 1 is 1.38 bits per heavy atom. The number of ketones is 1. The van der Waals surface area contributed by atoms with Crippen molar-refractivity contribution in [2.24, 2.45) is 5.92 Å². The molecule has 0 fully saturated rings. The van der Waals surface area contributed by atoms with Crippen molar-refractivity contribution < 1.29 is 9.53 Å². The summed E-state index contributed by atoms with van der Waals surface area (Å²) >= 11 is 0. The molecular formula is C17H20N2O2. The molecule has 0 amide bonds. The van der Waals surface area contributed by atoms with Crippen LogP contribution in [0.3, 0.4) is 0 Å². The van der Waals surface area contributed by atoms with E-state index >= 15 is 0 Å². The Hall–Kier alpha value is -2.10. The van der Waals surface area contributed by atoms with Gasteiger partial charge < -0.3 is 4.74 Å². The van der Waals surface area contributed by atoms with E-state index in [1.165, 1.54) is 11.1 Å². The van der Waals surface area contributed by atoms with Crippen LogP contribution in [0.1, 0.15) is 35.0 Å². The summed E-state index contributed by atoms with van der Waals surface area (Å²) in [7, 11) is 1.59. The molecule has 0 aliphatic heterocycles. The van der Waals surface area contributed by atoms with E-state index in [1.54, 1.807) is 18.0 Å². The van der Waals surface area contributed by atoms with E-state index in [0.29, 0.717) is 18.0 Å². The number of aromatic nitrogens is 2. The molecule has 1 aliphatic rings. The van der Waals surface area contributed by atoms with Gasteiger partial charge >= 0.3 is 0 Å². The van der Waals surface area contributed by atoms with E-state index in [9.17, 15) is 4.79 Å². The second kappa shape index (κ2) is 5.72. The van der Waals surface area contributed by atoms with Gasteiger partial charge in [-0.3, -0.25) is 9.48 Å². The number of ether oxygens (including phenoxy) is 1. The summed E-state index contributed by atoms with van der Waals surface area (Å²) in [6.45, 7) is 2.66. The summed E-state index contributed by atoms with van der Waals surface area (Å²) in [5.74, 6) is 0.761. The molecule has 1 aromatic carbocycles. The summed E-state index contributed by atoms with van der Waals surface area (Å²) in [5, 5.41) is 4.24. The largest absolute Gasteiger partial charge is 0.493 e. The fourth-order valence-corrected chi connectivity index (χ4v) is 3.12. The Balaban J connectivity index is 1.89. The van der Waals surface area contributed by atoms with Crippen LogP contribution in [0.4, 0.5) is 0 Å². The predicted molar refractivity (Wildman–Crippen MR) is 80.7 cm³/mol. The minimum Gasteiger partial charge on any atom is -0.493 e. The van der Waals surface area contributed by atoms with Crippen molar-refractivity contribution in [3.05, 3.63) is 47.3 Å². The Kier molecular flexibility index (Phi) is 3.78. The van der Waals surface area contributed by atoms with Crippen molar-refractivity contribution in [3.8, 4) is 5.75 Å². The van der Waals surface area contributed by atoms with Crippen LogP contribution in [0.25, 0.3) is 0 Å². The third-order valence-corrected chi connectivity index (χ3v) is 4.28. The van der Waals surface area contributed by atoms with Gasteiger partial charge in [0.05, 0.1) is 13.3 Å². The Labute approximate surface area is 124 Å². The first-order chi connectivity index (χ1) is 10.2.